The summed E-state index contributed by atoms with van der Waals surface area (Å²) in [6, 6.07) is 10.1. The average molecular weight is 276 g/mol. The second kappa shape index (κ2) is 5.20. The quantitative estimate of drug-likeness (QED) is 0.737. The lowest BCUT2D eigenvalue weighted by molar-refractivity contribution is 0.102. The molecule has 2 aromatic rings. The SMILES string of the molecule is Cc1ccc(Cl)cc1NC(=O)c1ccc(N)cc1N. The largest absolute Gasteiger partial charge is 0.399 e. The highest BCUT2D eigenvalue weighted by Crippen LogP contribution is 2.22. The number of halogens is 1. The van der Waals surface area contributed by atoms with Gasteiger partial charge in [-0.1, -0.05) is 17.7 Å². The number of nitrogens with one attached hydrogen (secondary N) is 1. The molecule has 98 valence electrons. The number of carbonyl (C=O) groups excluding carboxylic acids is 1. The Hall–Kier alpha value is -2.20. The Morgan fingerprint density at radius 3 is 2.58 bits per heavy atom. The van der Waals surface area contributed by atoms with Crippen molar-refractivity contribution in [2.75, 3.05) is 16.8 Å². The van der Waals surface area contributed by atoms with Crippen molar-refractivity contribution in [2.45, 2.75) is 6.92 Å². The second-order valence-electron chi connectivity index (χ2n) is 4.26. The fourth-order valence-electron chi connectivity index (χ4n) is 1.71. The van der Waals surface area contributed by atoms with Gasteiger partial charge in [-0.3, -0.25) is 4.79 Å². The molecule has 0 fully saturated rings. The van der Waals surface area contributed by atoms with Gasteiger partial charge in [-0.05, 0) is 42.8 Å². The number of aryl methyl sites for hydroxylation is 1. The molecule has 4 nitrogen and oxygen atoms in total. The Balaban J connectivity index is 2.28. The van der Waals surface area contributed by atoms with Gasteiger partial charge in [0.05, 0.1) is 5.56 Å². The monoisotopic (exact) mass is 275 g/mol. The first kappa shape index (κ1) is 13.2. The lowest BCUT2D eigenvalue weighted by atomic mass is 10.1. The Bertz CT molecular complexity index is 641. The number of rotatable bonds is 2. The maximum atomic E-state index is 12.1. The van der Waals surface area contributed by atoms with Crippen molar-refractivity contribution in [2.24, 2.45) is 0 Å². The summed E-state index contributed by atoms with van der Waals surface area (Å²) in [6.45, 7) is 1.89. The third kappa shape index (κ3) is 2.98. The standard InChI is InChI=1S/C14H14ClN3O/c1-8-2-3-9(15)6-13(8)18-14(19)11-5-4-10(16)7-12(11)17/h2-7H,16-17H2,1H3,(H,18,19). The third-order valence-corrected chi connectivity index (χ3v) is 3.00. The molecule has 0 aliphatic heterocycles. The van der Waals surface area contributed by atoms with Crippen molar-refractivity contribution in [1.82, 2.24) is 0 Å². The van der Waals surface area contributed by atoms with Crippen LogP contribution in [0.1, 0.15) is 15.9 Å². The zero-order valence-electron chi connectivity index (χ0n) is 10.4. The molecule has 5 heteroatoms. The van der Waals surface area contributed by atoms with Crippen molar-refractivity contribution >= 4 is 34.6 Å². The van der Waals surface area contributed by atoms with Gasteiger partial charge in [-0.25, -0.2) is 0 Å². The van der Waals surface area contributed by atoms with E-state index in [1.165, 1.54) is 0 Å². The molecule has 0 unspecified atom stereocenters. The van der Waals surface area contributed by atoms with E-state index in [-0.39, 0.29) is 5.91 Å². The number of benzene rings is 2. The van der Waals surface area contributed by atoms with Crippen molar-refractivity contribution < 1.29 is 4.79 Å². The summed E-state index contributed by atoms with van der Waals surface area (Å²) in [4.78, 5) is 12.1. The van der Waals surface area contributed by atoms with Gasteiger partial charge in [0.2, 0.25) is 0 Å². The van der Waals surface area contributed by atoms with Crippen LogP contribution in [-0.2, 0) is 0 Å². The highest BCUT2D eigenvalue weighted by molar-refractivity contribution is 6.31. The van der Waals surface area contributed by atoms with Crippen LogP contribution in [0.15, 0.2) is 36.4 Å². The molecule has 0 saturated carbocycles. The number of nitrogens with two attached hydrogens (primary N) is 2. The molecule has 5 N–H and O–H groups in total. The minimum Gasteiger partial charge on any atom is -0.399 e. The molecule has 19 heavy (non-hydrogen) atoms. The van der Waals surface area contributed by atoms with E-state index in [0.29, 0.717) is 27.6 Å². The molecule has 2 aromatic carbocycles. The first-order valence-corrected chi connectivity index (χ1v) is 6.07. The van der Waals surface area contributed by atoms with E-state index in [4.69, 9.17) is 23.1 Å². The summed E-state index contributed by atoms with van der Waals surface area (Å²) in [5.74, 6) is -0.289. The molecule has 0 aromatic heterocycles. The maximum Gasteiger partial charge on any atom is 0.257 e. The molecule has 0 aliphatic carbocycles. The molecule has 0 heterocycles. The van der Waals surface area contributed by atoms with Gasteiger partial charge >= 0.3 is 0 Å². The lowest BCUT2D eigenvalue weighted by Gasteiger charge is -2.10. The van der Waals surface area contributed by atoms with E-state index >= 15 is 0 Å². The first-order valence-electron chi connectivity index (χ1n) is 5.70. The number of anilines is 3. The summed E-state index contributed by atoms with van der Waals surface area (Å²) in [6.07, 6.45) is 0. The first-order chi connectivity index (χ1) is 8.97. The predicted molar refractivity (Wildman–Crippen MR) is 79.4 cm³/mol. The zero-order valence-corrected chi connectivity index (χ0v) is 11.2. The molecule has 1 amide bonds. The minimum atomic E-state index is -0.289. The van der Waals surface area contributed by atoms with E-state index in [1.807, 2.05) is 13.0 Å². The van der Waals surface area contributed by atoms with Crippen LogP contribution in [0.3, 0.4) is 0 Å². The van der Waals surface area contributed by atoms with E-state index in [1.54, 1.807) is 30.3 Å². The molecule has 2 rings (SSSR count). The van der Waals surface area contributed by atoms with Crippen LogP contribution in [0.4, 0.5) is 17.1 Å². The van der Waals surface area contributed by atoms with Crippen molar-refractivity contribution in [3.8, 4) is 0 Å². The number of nitrogen functional groups attached to an aromatic ring is 2. The van der Waals surface area contributed by atoms with E-state index < -0.39 is 0 Å². The van der Waals surface area contributed by atoms with E-state index in [0.717, 1.165) is 5.56 Å². The van der Waals surface area contributed by atoms with Crippen molar-refractivity contribution in [3.63, 3.8) is 0 Å². The number of carbonyl (C=O) groups is 1. The van der Waals surface area contributed by atoms with Crippen LogP contribution in [0.25, 0.3) is 0 Å². The Morgan fingerprint density at radius 2 is 1.89 bits per heavy atom. The molecule has 0 aliphatic rings. The number of hydrogen-bond acceptors (Lipinski definition) is 3. The lowest BCUT2D eigenvalue weighted by Crippen LogP contribution is -2.15. The molecular weight excluding hydrogens is 262 g/mol. The van der Waals surface area contributed by atoms with Crippen LogP contribution >= 0.6 is 11.6 Å². The van der Waals surface area contributed by atoms with Crippen LogP contribution in [0, 0.1) is 6.92 Å². The summed E-state index contributed by atoms with van der Waals surface area (Å²) in [5.41, 5.74) is 14.2. The summed E-state index contributed by atoms with van der Waals surface area (Å²) in [5, 5.41) is 3.34. The fourth-order valence-corrected chi connectivity index (χ4v) is 1.88. The number of hydrogen-bond donors (Lipinski definition) is 3. The highest BCUT2D eigenvalue weighted by atomic mass is 35.5. The fraction of sp³-hybridized carbons (Fsp3) is 0.0714. The molecule has 0 atom stereocenters. The van der Waals surface area contributed by atoms with Gasteiger partial charge in [0.1, 0.15) is 0 Å². The summed E-state index contributed by atoms with van der Waals surface area (Å²) >= 11 is 5.91. The van der Waals surface area contributed by atoms with Crippen LogP contribution in [0.2, 0.25) is 5.02 Å². The minimum absolute atomic E-state index is 0.289. The topological polar surface area (TPSA) is 81.1 Å². The smallest absolute Gasteiger partial charge is 0.257 e. The molecule has 0 bridgehead atoms. The van der Waals surface area contributed by atoms with E-state index in [9.17, 15) is 4.79 Å². The second-order valence-corrected chi connectivity index (χ2v) is 4.70. The van der Waals surface area contributed by atoms with Crippen molar-refractivity contribution in [3.05, 3.63) is 52.5 Å². The Labute approximate surface area is 116 Å². The van der Waals surface area contributed by atoms with Crippen LogP contribution < -0.4 is 16.8 Å². The molecule has 0 saturated heterocycles. The van der Waals surface area contributed by atoms with Crippen LogP contribution in [-0.4, -0.2) is 5.91 Å². The Morgan fingerprint density at radius 1 is 1.16 bits per heavy atom. The third-order valence-electron chi connectivity index (χ3n) is 2.77. The van der Waals surface area contributed by atoms with Gasteiger partial charge in [0.15, 0.2) is 0 Å². The number of amides is 1. The van der Waals surface area contributed by atoms with Gasteiger partial charge < -0.3 is 16.8 Å². The highest BCUT2D eigenvalue weighted by Gasteiger charge is 2.11. The Kier molecular flexibility index (Phi) is 3.62. The van der Waals surface area contributed by atoms with Gasteiger partial charge in [-0.2, -0.15) is 0 Å². The average Bonchev–Trinajstić information content (AvgIpc) is 2.33. The van der Waals surface area contributed by atoms with Gasteiger partial charge in [0, 0.05) is 22.1 Å². The molecular formula is C14H14ClN3O. The summed E-state index contributed by atoms with van der Waals surface area (Å²) < 4.78 is 0. The van der Waals surface area contributed by atoms with Crippen LogP contribution in [0.5, 0.6) is 0 Å². The van der Waals surface area contributed by atoms with E-state index in [2.05, 4.69) is 5.32 Å². The predicted octanol–water partition coefficient (Wildman–Crippen LogP) is 3.07. The summed E-state index contributed by atoms with van der Waals surface area (Å²) in [7, 11) is 0. The normalized spacial score (nSPS) is 10.2. The van der Waals surface area contributed by atoms with Gasteiger partial charge in [-0.15, -0.1) is 0 Å². The van der Waals surface area contributed by atoms with Gasteiger partial charge in [0.25, 0.3) is 5.91 Å². The zero-order chi connectivity index (χ0) is 14.0. The molecule has 0 spiro atoms. The van der Waals surface area contributed by atoms with Crippen molar-refractivity contribution in [1.29, 1.82) is 0 Å². The molecule has 0 radical (unpaired) electrons. The maximum absolute atomic E-state index is 12.1.